The van der Waals surface area contributed by atoms with E-state index in [1.54, 1.807) is 24.5 Å². The Morgan fingerprint density at radius 2 is 1.70 bits per heavy atom. The van der Waals surface area contributed by atoms with Gasteiger partial charge < -0.3 is 29.6 Å². The highest BCUT2D eigenvalue weighted by Gasteiger charge is 2.24. The summed E-state index contributed by atoms with van der Waals surface area (Å²) >= 11 is 1.23. The first kappa shape index (κ1) is 29.3. The standard InChI is InChI=1S/C31H31N5O7S/c1-2-27(29(38)34-16-20-5-3-9-32-14-20)44-31-35-22-13-26-25(42-18-43-26)12-21(22)30(39)36(31)10-4-6-28(37)33-15-19-7-8-23-24(11-19)41-17-40-23/h3,5,7-9,11-14,27H,2,4,6,10,15-18H2,1H3,(H,33,37)(H,34,38)/t27-/m0/s1. The van der Waals surface area contributed by atoms with E-state index in [0.717, 1.165) is 11.1 Å². The van der Waals surface area contributed by atoms with Crippen molar-refractivity contribution in [2.75, 3.05) is 13.6 Å². The number of hydrogen-bond acceptors (Lipinski definition) is 10. The SMILES string of the molecule is CC[C@H](Sc1nc2cc3c(cc2c(=O)n1CCCC(=O)NCc1ccc2c(c1)OCO2)OCO3)C(=O)NCc1cccnc1. The van der Waals surface area contributed by atoms with E-state index in [4.69, 9.17) is 23.9 Å². The highest BCUT2D eigenvalue weighted by Crippen LogP contribution is 2.36. The second-order valence-corrected chi connectivity index (χ2v) is 11.4. The molecule has 1 atom stereocenters. The maximum atomic E-state index is 13.8. The highest BCUT2D eigenvalue weighted by atomic mass is 32.2. The molecule has 44 heavy (non-hydrogen) atoms. The van der Waals surface area contributed by atoms with Crippen LogP contribution < -0.4 is 35.1 Å². The van der Waals surface area contributed by atoms with E-state index in [-0.39, 0.29) is 43.9 Å². The van der Waals surface area contributed by atoms with Crippen LogP contribution in [0, 0.1) is 0 Å². The molecule has 4 aromatic rings. The molecule has 2 amide bonds. The number of nitrogens with one attached hydrogen (secondary N) is 2. The first-order chi connectivity index (χ1) is 21.5. The molecule has 0 fully saturated rings. The van der Waals surface area contributed by atoms with E-state index >= 15 is 0 Å². The number of benzene rings is 2. The molecule has 228 valence electrons. The summed E-state index contributed by atoms with van der Waals surface area (Å²) in [5.41, 5.74) is 1.95. The number of hydrogen-bond donors (Lipinski definition) is 2. The summed E-state index contributed by atoms with van der Waals surface area (Å²) in [7, 11) is 0. The summed E-state index contributed by atoms with van der Waals surface area (Å²) in [4.78, 5) is 48.5. The lowest BCUT2D eigenvalue weighted by atomic mass is 10.2. The third-order valence-corrected chi connectivity index (χ3v) is 8.58. The average Bonchev–Trinajstić information content (AvgIpc) is 3.71. The van der Waals surface area contributed by atoms with Crippen molar-refractivity contribution in [1.29, 1.82) is 0 Å². The third kappa shape index (κ3) is 6.57. The molecule has 0 spiro atoms. The van der Waals surface area contributed by atoms with Crippen molar-refractivity contribution in [3.63, 3.8) is 0 Å². The second kappa shape index (κ2) is 13.2. The molecule has 2 aromatic heterocycles. The highest BCUT2D eigenvalue weighted by molar-refractivity contribution is 8.00. The van der Waals surface area contributed by atoms with Gasteiger partial charge in [-0.25, -0.2) is 4.98 Å². The Bertz CT molecular complexity index is 1750. The van der Waals surface area contributed by atoms with Crippen molar-refractivity contribution < 1.29 is 28.5 Å². The van der Waals surface area contributed by atoms with Gasteiger partial charge in [0.05, 0.1) is 16.2 Å². The molecule has 0 saturated carbocycles. The van der Waals surface area contributed by atoms with Crippen LogP contribution in [0.1, 0.15) is 37.3 Å². The predicted molar refractivity (Wildman–Crippen MR) is 162 cm³/mol. The van der Waals surface area contributed by atoms with Gasteiger partial charge in [0, 0.05) is 44.5 Å². The average molecular weight is 618 g/mol. The molecule has 2 aromatic carbocycles. The molecular weight excluding hydrogens is 586 g/mol. The van der Waals surface area contributed by atoms with Gasteiger partial charge in [0.25, 0.3) is 5.56 Å². The number of pyridine rings is 1. The number of aromatic nitrogens is 3. The first-order valence-electron chi connectivity index (χ1n) is 14.3. The van der Waals surface area contributed by atoms with Crippen molar-refractivity contribution in [1.82, 2.24) is 25.2 Å². The third-order valence-electron chi connectivity index (χ3n) is 7.23. The van der Waals surface area contributed by atoms with Crippen molar-refractivity contribution in [3.8, 4) is 23.0 Å². The second-order valence-electron chi connectivity index (χ2n) is 10.2. The summed E-state index contributed by atoms with van der Waals surface area (Å²) in [5.74, 6) is 2.01. The summed E-state index contributed by atoms with van der Waals surface area (Å²) in [6.07, 6.45) is 4.48. The normalized spacial score (nSPS) is 13.6. The summed E-state index contributed by atoms with van der Waals surface area (Å²) < 4.78 is 23.3. The van der Waals surface area contributed by atoms with Crippen LogP contribution in [0.5, 0.6) is 23.0 Å². The molecule has 6 rings (SSSR count). The Labute approximate surface area is 257 Å². The molecule has 0 radical (unpaired) electrons. The molecule has 12 nitrogen and oxygen atoms in total. The fourth-order valence-electron chi connectivity index (χ4n) is 4.87. The Balaban J connectivity index is 1.16. The minimum absolute atomic E-state index is 0.0673. The van der Waals surface area contributed by atoms with Gasteiger partial charge in [-0.2, -0.15) is 0 Å². The van der Waals surface area contributed by atoms with Gasteiger partial charge in [0.2, 0.25) is 25.4 Å². The number of carbonyl (C=O) groups is 2. The number of carbonyl (C=O) groups excluding carboxylic acids is 2. The topological polar surface area (TPSA) is 143 Å². The van der Waals surface area contributed by atoms with Gasteiger partial charge in [-0.3, -0.25) is 23.9 Å². The Morgan fingerprint density at radius 1 is 0.955 bits per heavy atom. The van der Waals surface area contributed by atoms with Crippen LogP contribution in [0.3, 0.4) is 0 Å². The zero-order valence-electron chi connectivity index (χ0n) is 24.0. The molecule has 0 aliphatic carbocycles. The van der Waals surface area contributed by atoms with Gasteiger partial charge in [0.1, 0.15) is 0 Å². The molecule has 4 heterocycles. The minimum Gasteiger partial charge on any atom is -0.454 e. The maximum absolute atomic E-state index is 13.8. The van der Waals surface area contributed by atoms with Crippen LogP contribution in [-0.2, 0) is 29.2 Å². The number of rotatable bonds is 12. The zero-order chi connectivity index (χ0) is 30.5. The lowest BCUT2D eigenvalue weighted by Gasteiger charge is -2.18. The van der Waals surface area contributed by atoms with E-state index in [1.807, 2.05) is 37.3 Å². The number of fused-ring (bicyclic) bond motifs is 3. The van der Waals surface area contributed by atoms with Crippen LogP contribution in [0.25, 0.3) is 10.9 Å². The predicted octanol–water partition coefficient (Wildman–Crippen LogP) is 3.53. The fraction of sp³-hybridized carbons (Fsp3) is 0.323. The van der Waals surface area contributed by atoms with Crippen molar-refractivity contribution in [2.45, 2.75) is 56.2 Å². The van der Waals surface area contributed by atoms with Crippen molar-refractivity contribution in [3.05, 3.63) is 76.3 Å². The van der Waals surface area contributed by atoms with Crippen LogP contribution in [0.2, 0.25) is 0 Å². The quantitative estimate of drug-likeness (QED) is 0.179. The molecule has 0 bridgehead atoms. The Morgan fingerprint density at radius 3 is 2.48 bits per heavy atom. The first-order valence-corrected chi connectivity index (χ1v) is 15.2. The van der Waals surface area contributed by atoms with E-state index in [2.05, 4.69) is 15.6 Å². The largest absolute Gasteiger partial charge is 0.454 e. The van der Waals surface area contributed by atoms with Gasteiger partial charge in [-0.15, -0.1) is 0 Å². The molecule has 0 saturated heterocycles. The summed E-state index contributed by atoms with van der Waals surface area (Å²) in [6.45, 7) is 3.09. The Hall–Kier alpha value is -4.78. The van der Waals surface area contributed by atoms with Crippen molar-refractivity contribution in [2.24, 2.45) is 0 Å². The number of thioether (sulfide) groups is 1. The number of ether oxygens (including phenoxy) is 4. The summed E-state index contributed by atoms with van der Waals surface area (Å²) in [6, 6.07) is 12.6. The molecule has 2 N–H and O–H groups in total. The lowest BCUT2D eigenvalue weighted by Crippen LogP contribution is -2.33. The molecule has 2 aliphatic rings. The Kier molecular flexibility index (Phi) is 8.82. The molecular formula is C31H31N5O7S. The van der Waals surface area contributed by atoms with Crippen molar-refractivity contribution >= 4 is 34.5 Å². The summed E-state index contributed by atoms with van der Waals surface area (Å²) in [5, 5.41) is 6.14. The molecule has 2 aliphatic heterocycles. The van der Waals surface area contributed by atoms with E-state index in [0.29, 0.717) is 65.0 Å². The monoisotopic (exact) mass is 617 g/mol. The number of nitrogens with zero attached hydrogens (tertiary/aromatic N) is 3. The molecule has 0 unspecified atom stereocenters. The van der Waals surface area contributed by atoms with Crippen LogP contribution >= 0.6 is 11.8 Å². The zero-order valence-corrected chi connectivity index (χ0v) is 24.9. The van der Waals surface area contributed by atoms with Crippen LogP contribution in [-0.4, -0.2) is 45.2 Å². The van der Waals surface area contributed by atoms with Crippen LogP contribution in [0.4, 0.5) is 0 Å². The van der Waals surface area contributed by atoms with Gasteiger partial charge >= 0.3 is 0 Å². The van der Waals surface area contributed by atoms with Gasteiger partial charge in [0.15, 0.2) is 28.2 Å². The fourth-order valence-corrected chi connectivity index (χ4v) is 5.93. The number of amides is 2. The molecule has 13 heteroatoms. The van der Waals surface area contributed by atoms with E-state index in [9.17, 15) is 14.4 Å². The van der Waals surface area contributed by atoms with Gasteiger partial charge in [-0.1, -0.05) is 30.8 Å². The van der Waals surface area contributed by atoms with Gasteiger partial charge in [-0.05, 0) is 48.2 Å². The lowest BCUT2D eigenvalue weighted by molar-refractivity contribution is -0.121. The van der Waals surface area contributed by atoms with Crippen LogP contribution in [0.15, 0.2) is 64.8 Å². The smallest absolute Gasteiger partial charge is 0.262 e. The van der Waals surface area contributed by atoms with E-state index < -0.39 is 5.25 Å². The van der Waals surface area contributed by atoms with E-state index in [1.165, 1.54) is 16.3 Å². The maximum Gasteiger partial charge on any atom is 0.262 e. The minimum atomic E-state index is -0.499.